The van der Waals surface area contributed by atoms with Gasteiger partial charge in [-0.3, -0.25) is 14.2 Å². The molecule has 41 heavy (non-hydrogen) atoms. The SMILES string of the molecule is C=CCOc1c(Br)cc(/C=c2/sc3n(c2=O)[C@@H](c2ccc(OC)cc2)C(C(=O)Nc2ccccc2)=C(C)N=3)cc1Br. The molecule has 1 amide bonds. The smallest absolute Gasteiger partial charge is 0.271 e. The topological polar surface area (TPSA) is 81.9 Å². The van der Waals surface area contributed by atoms with Gasteiger partial charge in [-0.15, -0.1) is 0 Å². The minimum atomic E-state index is -0.684. The van der Waals surface area contributed by atoms with Gasteiger partial charge in [0.25, 0.3) is 11.5 Å². The van der Waals surface area contributed by atoms with Gasteiger partial charge in [0.15, 0.2) is 4.80 Å². The van der Waals surface area contributed by atoms with Gasteiger partial charge < -0.3 is 14.8 Å². The molecule has 0 saturated heterocycles. The lowest BCUT2D eigenvalue weighted by atomic mass is 9.95. The number of allylic oxidation sites excluding steroid dienone is 1. The third kappa shape index (κ3) is 6.00. The molecule has 0 aliphatic carbocycles. The third-order valence-corrected chi connectivity index (χ3v) is 8.55. The number of carbonyl (C=O) groups excluding carboxylic acids is 1. The number of thiazole rings is 1. The summed E-state index contributed by atoms with van der Waals surface area (Å²) < 4.78 is 14.6. The summed E-state index contributed by atoms with van der Waals surface area (Å²) in [4.78, 5) is 32.9. The predicted molar refractivity (Wildman–Crippen MR) is 169 cm³/mol. The maximum atomic E-state index is 14.0. The predicted octanol–water partition coefficient (Wildman–Crippen LogP) is 5.97. The van der Waals surface area contributed by atoms with Gasteiger partial charge in [0.1, 0.15) is 18.1 Å². The van der Waals surface area contributed by atoms with Crippen molar-refractivity contribution in [1.82, 2.24) is 4.57 Å². The van der Waals surface area contributed by atoms with Crippen molar-refractivity contribution in [3.63, 3.8) is 0 Å². The number of aromatic nitrogens is 1. The summed E-state index contributed by atoms with van der Waals surface area (Å²) in [6.45, 7) is 5.84. The lowest BCUT2D eigenvalue weighted by Gasteiger charge is -2.25. The van der Waals surface area contributed by atoms with Crippen molar-refractivity contribution < 1.29 is 14.3 Å². The molecule has 1 N–H and O–H groups in total. The van der Waals surface area contributed by atoms with Crippen LogP contribution < -0.4 is 29.7 Å². The van der Waals surface area contributed by atoms with E-state index < -0.39 is 6.04 Å². The lowest BCUT2D eigenvalue weighted by Crippen LogP contribution is -2.40. The third-order valence-electron chi connectivity index (χ3n) is 6.39. The second kappa shape index (κ2) is 12.4. The van der Waals surface area contributed by atoms with E-state index in [4.69, 9.17) is 14.5 Å². The van der Waals surface area contributed by atoms with Gasteiger partial charge in [-0.05, 0) is 92.4 Å². The van der Waals surface area contributed by atoms with Crippen molar-refractivity contribution in [2.45, 2.75) is 13.0 Å². The standard InChI is InChI=1S/C31H25Br2N3O4S/c1-4-14-40-28-23(32)15-19(16-24(28)33)17-25-30(38)36-27(20-10-12-22(39-3)13-11-20)26(18(2)34-31(36)41-25)29(37)35-21-8-6-5-7-9-21/h4-13,15-17,27H,1,14H2,2-3H3,(H,35,37)/b25-17+/t27-/m0/s1. The molecular weight excluding hydrogens is 670 g/mol. The van der Waals surface area contributed by atoms with Gasteiger partial charge in [0.05, 0.1) is 37.9 Å². The summed E-state index contributed by atoms with van der Waals surface area (Å²) in [5.41, 5.74) is 2.90. The molecule has 0 bridgehead atoms. The fraction of sp³-hybridized carbons (Fsp3) is 0.129. The van der Waals surface area contributed by atoms with E-state index in [9.17, 15) is 9.59 Å². The first kappa shape index (κ1) is 28.8. The van der Waals surface area contributed by atoms with E-state index in [1.807, 2.05) is 72.8 Å². The van der Waals surface area contributed by atoms with Gasteiger partial charge in [-0.1, -0.05) is 54.3 Å². The number of amides is 1. The molecule has 5 rings (SSSR count). The molecule has 208 valence electrons. The number of ether oxygens (including phenoxy) is 2. The van der Waals surface area contributed by atoms with Crippen LogP contribution in [0.4, 0.5) is 5.69 Å². The number of anilines is 1. The molecule has 0 radical (unpaired) electrons. The molecule has 1 atom stereocenters. The van der Waals surface area contributed by atoms with E-state index in [0.717, 1.165) is 20.1 Å². The largest absolute Gasteiger partial charge is 0.497 e. The van der Waals surface area contributed by atoms with E-state index in [0.29, 0.717) is 44.4 Å². The first-order valence-electron chi connectivity index (χ1n) is 12.6. The summed E-state index contributed by atoms with van der Waals surface area (Å²) >= 11 is 8.39. The van der Waals surface area contributed by atoms with E-state index in [-0.39, 0.29) is 11.5 Å². The average Bonchev–Trinajstić information content (AvgIpc) is 3.26. The number of rotatable bonds is 8. The summed E-state index contributed by atoms with van der Waals surface area (Å²) in [5.74, 6) is 0.997. The second-order valence-corrected chi connectivity index (χ2v) is 11.8. The van der Waals surface area contributed by atoms with Crippen molar-refractivity contribution in [3.8, 4) is 11.5 Å². The van der Waals surface area contributed by atoms with Crippen molar-refractivity contribution >= 4 is 60.9 Å². The number of benzene rings is 3. The van der Waals surface area contributed by atoms with Crippen molar-refractivity contribution in [1.29, 1.82) is 0 Å². The van der Waals surface area contributed by atoms with Gasteiger partial charge in [-0.25, -0.2) is 4.99 Å². The van der Waals surface area contributed by atoms with Crippen LogP contribution >= 0.6 is 43.2 Å². The number of hydrogen-bond acceptors (Lipinski definition) is 6. The highest BCUT2D eigenvalue weighted by Gasteiger charge is 2.32. The van der Waals surface area contributed by atoms with Crippen LogP contribution in [0, 0.1) is 0 Å². The summed E-state index contributed by atoms with van der Waals surface area (Å²) in [6.07, 6.45) is 3.48. The number of para-hydroxylation sites is 1. The van der Waals surface area contributed by atoms with E-state index in [1.54, 1.807) is 24.7 Å². The highest BCUT2D eigenvalue weighted by atomic mass is 79.9. The Labute approximate surface area is 257 Å². The van der Waals surface area contributed by atoms with Crippen LogP contribution in [0.25, 0.3) is 6.08 Å². The lowest BCUT2D eigenvalue weighted by molar-refractivity contribution is -0.113. The minimum absolute atomic E-state index is 0.244. The highest BCUT2D eigenvalue weighted by molar-refractivity contribution is 9.11. The Morgan fingerprint density at radius 1 is 1.12 bits per heavy atom. The first-order valence-corrected chi connectivity index (χ1v) is 15.0. The Hall–Kier alpha value is -3.73. The summed E-state index contributed by atoms with van der Waals surface area (Å²) in [6, 6.07) is 19.7. The number of carbonyl (C=O) groups is 1. The first-order chi connectivity index (χ1) is 19.8. The number of halogens is 2. The summed E-state index contributed by atoms with van der Waals surface area (Å²) in [5, 5.41) is 2.96. The Bertz CT molecular complexity index is 1820. The molecule has 1 aliphatic rings. The van der Waals surface area contributed by atoms with E-state index in [2.05, 4.69) is 43.8 Å². The molecule has 0 unspecified atom stereocenters. The van der Waals surface area contributed by atoms with Crippen molar-refractivity contribution in [3.05, 3.63) is 130 Å². The van der Waals surface area contributed by atoms with Gasteiger partial charge in [0.2, 0.25) is 0 Å². The Morgan fingerprint density at radius 2 is 1.80 bits per heavy atom. The van der Waals surface area contributed by atoms with Crippen LogP contribution in [0.1, 0.15) is 24.1 Å². The van der Waals surface area contributed by atoms with Crippen LogP contribution in [0.3, 0.4) is 0 Å². The number of nitrogens with zero attached hydrogens (tertiary/aromatic N) is 2. The average molecular weight is 695 g/mol. The number of nitrogens with one attached hydrogen (secondary N) is 1. The maximum Gasteiger partial charge on any atom is 0.271 e. The molecule has 10 heteroatoms. The fourth-order valence-electron chi connectivity index (χ4n) is 4.53. The van der Waals surface area contributed by atoms with Gasteiger partial charge in [0, 0.05) is 5.69 Å². The van der Waals surface area contributed by atoms with Crippen LogP contribution in [0.5, 0.6) is 11.5 Å². The zero-order valence-electron chi connectivity index (χ0n) is 22.2. The van der Waals surface area contributed by atoms with Gasteiger partial charge >= 0.3 is 0 Å². The maximum absolute atomic E-state index is 14.0. The monoisotopic (exact) mass is 693 g/mol. The second-order valence-electron chi connectivity index (χ2n) is 9.09. The number of methoxy groups -OCH3 is 1. The molecule has 0 spiro atoms. The van der Waals surface area contributed by atoms with Gasteiger partial charge in [-0.2, -0.15) is 0 Å². The van der Waals surface area contributed by atoms with Crippen molar-refractivity contribution in [2.75, 3.05) is 19.0 Å². The van der Waals surface area contributed by atoms with Crippen LogP contribution in [-0.2, 0) is 4.79 Å². The molecule has 3 aromatic carbocycles. The number of hydrogen-bond donors (Lipinski definition) is 1. The Kier molecular flexibility index (Phi) is 8.72. The number of fused-ring (bicyclic) bond motifs is 1. The molecular formula is C31H25Br2N3O4S. The Balaban J connectivity index is 1.64. The molecule has 1 aromatic heterocycles. The van der Waals surface area contributed by atoms with Crippen LogP contribution in [-0.4, -0.2) is 24.2 Å². The molecule has 4 aromatic rings. The van der Waals surface area contributed by atoms with Crippen LogP contribution in [0.15, 0.2) is 109 Å². The normalized spacial score (nSPS) is 14.7. The van der Waals surface area contributed by atoms with E-state index in [1.165, 1.54) is 11.3 Å². The highest BCUT2D eigenvalue weighted by Crippen LogP contribution is 2.35. The van der Waals surface area contributed by atoms with Crippen molar-refractivity contribution in [2.24, 2.45) is 4.99 Å². The quantitative estimate of drug-likeness (QED) is 0.231. The molecule has 7 nitrogen and oxygen atoms in total. The Morgan fingerprint density at radius 3 is 2.44 bits per heavy atom. The molecule has 0 saturated carbocycles. The van der Waals surface area contributed by atoms with Crippen LogP contribution in [0.2, 0.25) is 0 Å². The molecule has 1 aliphatic heterocycles. The molecule has 2 heterocycles. The van der Waals surface area contributed by atoms with E-state index >= 15 is 0 Å². The minimum Gasteiger partial charge on any atom is -0.497 e. The fourth-order valence-corrected chi connectivity index (χ4v) is 7.03. The zero-order chi connectivity index (χ0) is 29.1. The summed E-state index contributed by atoms with van der Waals surface area (Å²) in [7, 11) is 1.59. The zero-order valence-corrected chi connectivity index (χ0v) is 26.2. The molecule has 0 fully saturated rings.